The fraction of sp³-hybridized carbons (Fsp3) is 0.350. The third kappa shape index (κ3) is 3.55. The molecule has 5 nitrogen and oxygen atoms in total. The van der Waals surface area contributed by atoms with Crippen molar-refractivity contribution >= 4 is 17.2 Å². The van der Waals surface area contributed by atoms with E-state index < -0.39 is 0 Å². The molecule has 0 spiro atoms. The van der Waals surface area contributed by atoms with Crippen LogP contribution in [0.3, 0.4) is 0 Å². The van der Waals surface area contributed by atoms with E-state index in [2.05, 4.69) is 21.5 Å². The van der Waals surface area contributed by atoms with Crippen LogP contribution in [-0.2, 0) is 12.8 Å². The summed E-state index contributed by atoms with van der Waals surface area (Å²) in [5.74, 6) is 0.0240. The topological polar surface area (TPSA) is 59.8 Å². The number of carbonyl (C=O) groups is 1. The molecule has 0 saturated heterocycles. The van der Waals surface area contributed by atoms with E-state index in [9.17, 15) is 4.79 Å². The van der Waals surface area contributed by atoms with Gasteiger partial charge in [-0.2, -0.15) is 5.10 Å². The van der Waals surface area contributed by atoms with E-state index in [1.807, 2.05) is 31.2 Å². The molecule has 2 heterocycles. The Morgan fingerprint density at radius 2 is 2.00 bits per heavy atom. The average molecular weight is 366 g/mol. The molecule has 0 unspecified atom stereocenters. The molecule has 1 N–H and O–H groups in total. The number of hydrogen-bond donors (Lipinski definition) is 1. The third-order valence-electron chi connectivity index (χ3n) is 4.89. The molecule has 6 heteroatoms. The van der Waals surface area contributed by atoms with E-state index in [0.717, 1.165) is 29.0 Å². The number of thiophene rings is 1. The van der Waals surface area contributed by atoms with Crippen LogP contribution in [0, 0.1) is 0 Å². The lowest BCUT2D eigenvalue weighted by molar-refractivity contribution is 0.0944. The Morgan fingerprint density at radius 3 is 2.77 bits per heavy atom. The average Bonchev–Trinajstić information content (AvgIpc) is 3.28. The van der Waals surface area contributed by atoms with E-state index in [0.29, 0.717) is 0 Å². The van der Waals surface area contributed by atoms with Gasteiger partial charge in [-0.15, -0.1) is 11.3 Å². The van der Waals surface area contributed by atoms with Crippen molar-refractivity contribution < 1.29 is 4.79 Å². The quantitative estimate of drug-likeness (QED) is 0.708. The molecule has 3 aromatic rings. The molecule has 4 rings (SSSR count). The van der Waals surface area contributed by atoms with Gasteiger partial charge in [0.15, 0.2) is 0 Å². The van der Waals surface area contributed by atoms with Crippen molar-refractivity contribution in [1.82, 2.24) is 20.1 Å². The van der Waals surface area contributed by atoms with Crippen molar-refractivity contribution in [3.63, 3.8) is 0 Å². The van der Waals surface area contributed by atoms with Gasteiger partial charge in [0.05, 0.1) is 16.6 Å². The summed E-state index contributed by atoms with van der Waals surface area (Å²) in [5, 5.41) is 7.25. The Labute approximate surface area is 157 Å². The third-order valence-corrected chi connectivity index (χ3v) is 6.13. The van der Waals surface area contributed by atoms with Gasteiger partial charge < -0.3 is 5.32 Å². The molecule has 1 amide bonds. The van der Waals surface area contributed by atoms with Crippen LogP contribution in [0.25, 0.3) is 5.69 Å². The smallest absolute Gasteiger partial charge is 0.261 e. The molecule has 26 heavy (non-hydrogen) atoms. The second-order valence-electron chi connectivity index (χ2n) is 6.75. The highest BCUT2D eigenvalue weighted by Gasteiger charge is 2.18. The van der Waals surface area contributed by atoms with Crippen molar-refractivity contribution in [3.8, 4) is 5.69 Å². The van der Waals surface area contributed by atoms with Gasteiger partial charge in [0.1, 0.15) is 12.7 Å². The number of hydrogen-bond acceptors (Lipinski definition) is 4. The van der Waals surface area contributed by atoms with Crippen LogP contribution >= 0.6 is 11.3 Å². The molecule has 0 aliphatic heterocycles. The number of aromatic nitrogens is 3. The van der Waals surface area contributed by atoms with Crippen molar-refractivity contribution in [2.45, 2.75) is 45.1 Å². The second kappa shape index (κ2) is 7.41. The summed E-state index contributed by atoms with van der Waals surface area (Å²) in [5.41, 5.74) is 3.40. The van der Waals surface area contributed by atoms with Crippen molar-refractivity contribution in [1.29, 1.82) is 0 Å². The number of aryl methyl sites for hydroxylation is 2. The number of nitrogens with zero attached hydrogens (tertiary/aromatic N) is 3. The highest BCUT2D eigenvalue weighted by molar-refractivity contribution is 7.14. The van der Waals surface area contributed by atoms with E-state index in [4.69, 9.17) is 0 Å². The van der Waals surface area contributed by atoms with Gasteiger partial charge in [-0.25, -0.2) is 9.67 Å². The lowest BCUT2D eigenvalue weighted by Crippen LogP contribution is -2.25. The van der Waals surface area contributed by atoms with Crippen LogP contribution in [0.1, 0.15) is 57.9 Å². The highest BCUT2D eigenvalue weighted by atomic mass is 32.1. The number of rotatable bonds is 4. The summed E-state index contributed by atoms with van der Waals surface area (Å²) in [6.07, 6.45) is 9.18. The number of carbonyl (C=O) groups excluding carboxylic acids is 1. The van der Waals surface area contributed by atoms with Gasteiger partial charge in [0.2, 0.25) is 0 Å². The summed E-state index contributed by atoms with van der Waals surface area (Å²) < 4.78 is 1.71. The zero-order valence-corrected chi connectivity index (χ0v) is 15.6. The highest BCUT2D eigenvalue weighted by Crippen LogP contribution is 2.29. The van der Waals surface area contributed by atoms with Crippen LogP contribution in [0.15, 0.2) is 43.0 Å². The minimum atomic E-state index is -0.0470. The van der Waals surface area contributed by atoms with Crippen molar-refractivity contribution in [2.75, 3.05) is 0 Å². The van der Waals surface area contributed by atoms with E-state index in [1.165, 1.54) is 36.0 Å². The number of nitrogens with one attached hydrogen (secondary N) is 1. The minimum absolute atomic E-state index is 0.0240. The Hall–Kier alpha value is -2.47. The maximum atomic E-state index is 12.7. The maximum absolute atomic E-state index is 12.7. The van der Waals surface area contributed by atoms with Gasteiger partial charge in [0.25, 0.3) is 5.91 Å². The van der Waals surface area contributed by atoms with Crippen LogP contribution in [0.5, 0.6) is 0 Å². The molecule has 1 aliphatic rings. The summed E-state index contributed by atoms with van der Waals surface area (Å²) in [6.45, 7) is 2.01. The molecule has 1 aromatic carbocycles. The minimum Gasteiger partial charge on any atom is -0.345 e. The monoisotopic (exact) mass is 366 g/mol. The zero-order chi connectivity index (χ0) is 17.9. The maximum Gasteiger partial charge on any atom is 0.261 e. The molecular weight excluding hydrogens is 344 g/mol. The Bertz CT molecular complexity index is 860. The molecule has 1 atom stereocenters. The normalized spacial score (nSPS) is 15.1. The molecule has 134 valence electrons. The van der Waals surface area contributed by atoms with E-state index >= 15 is 0 Å². The molecule has 0 saturated carbocycles. The Kier molecular flexibility index (Phi) is 4.84. The Morgan fingerprint density at radius 1 is 1.19 bits per heavy atom. The lowest BCUT2D eigenvalue weighted by atomic mass is 10.1. The van der Waals surface area contributed by atoms with Gasteiger partial charge in [-0.05, 0) is 61.9 Å². The van der Waals surface area contributed by atoms with Crippen LogP contribution < -0.4 is 5.32 Å². The van der Waals surface area contributed by atoms with Crippen LogP contribution in [0.2, 0.25) is 0 Å². The van der Waals surface area contributed by atoms with E-state index in [-0.39, 0.29) is 11.9 Å². The van der Waals surface area contributed by atoms with Gasteiger partial charge in [0, 0.05) is 4.88 Å². The molecule has 0 bridgehead atoms. The van der Waals surface area contributed by atoms with Gasteiger partial charge in [-0.1, -0.05) is 18.6 Å². The van der Waals surface area contributed by atoms with Crippen molar-refractivity contribution in [2.24, 2.45) is 0 Å². The zero-order valence-electron chi connectivity index (χ0n) is 14.8. The molecule has 0 radical (unpaired) electrons. The summed E-state index contributed by atoms with van der Waals surface area (Å²) in [6, 6.07) is 10.1. The Balaban J connectivity index is 1.44. The summed E-state index contributed by atoms with van der Waals surface area (Å²) in [4.78, 5) is 18.9. The molecule has 2 aromatic heterocycles. The first-order chi connectivity index (χ1) is 12.7. The van der Waals surface area contributed by atoms with Crippen LogP contribution in [-0.4, -0.2) is 20.7 Å². The molecule has 1 aliphatic carbocycles. The first-order valence-corrected chi connectivity index (χ1v) is 9.90. The van der Waals surface area contributed by atoms with Crippen molar-refractivity contribution in [3.05, 3.63) is 63.9 Å². The second-order valence-corrected chi connectivity index (χ2v) is 7.88. The first kappa shape index (κ1) is 17.0. The fourth-order valence-corrected chi connectivity index (χ4v) is 4.54. The first-order valence-electron chi connectivity index (χ1n) is 9.08. The van der Waals surface area contributed by atoms with Gasteiger partial charge in [-0.3, -0.25) is 4.79 Å². The van der Waals surface area contributed by atoms with E-state index in [1.54, 1.807) is 22.3 Å². The predicted octanol–water partition coefficient (Wildman–Crippen LogP) is 4.09. The molecular formula is C20H22N4OS. The largest absolute Gasteiger partial charge is 0.345 e. The fourth-order valence-electron chi connectivity index (χ4n) is 3.39. The standard InChI is InChI=1S/C20H22N4OS/c1-14(15-7-9-17(10-8-15)24-13-21-12-22-24)23-20(25)19-11-16-5-3-2-4-6-18(16)26-19/h7-14H,2-6H2,1H3,(H,23,25)/t14-/m0/s1. The molecule has 0 fully saturated rings. The predicted molar refractivity (Wildman–Crippen MR) is 103 cm³/mol. The lowest BCUT2D eigenvalue weighted by Gasteiger charge is -2.14. The number of amides is 1. The van der Waals surface area contributed by atoms with Gasteiger partial charge >= 0.3 is 0 Å². The van der Waals surface area contributed by atoms with Crippen LogP contribution in [0.4, 0.5) is 0 Å². The SMILES string of the molecule is C[C@H](NC(=O)c1cc2c(s1)CCCCC2)c1ccc(-n2cncn2)cc1. The number of fused-ring (bicyclic) bond motifs is 1. The number of benzene rings is 1. The summed E-state index contributed by atoms with van der Waals surface area (Å²) >= 11 is 1.66. The summed E-state index contributed by atoms with van der Waals surface area (Å²) in [7, 11) is 0.